The number of thiazole rings is 1. The highest BCUT2D eigenvalue weighted by atomic mass is 32.1. The molecule has 178 valence electrons. The zero-order valence-corrected chi connectivity index (χ0v) is 20.0. The lowest BCUT2D eigenvalue weighted by Crippen LogP contribution is -2.39. The summed E-state index contributed by atoms with van der Waals surface area (Å²) in [6.45, 7) is 4.71. The molecule has 0 bridgehead atoms. The van der Waals surface area contributed by atoms with E-state index in [2.05, 4.69) is 14.3 Å². The standard InChI is InChI=1S/C25H25N7O2S/c33-24-19-15-17(1-4-20(19)26-16-30(24)8-7-29-9-12-34-13-10-29)23-22(27-25-31(23)11-14-35-25)21-5-6-32(28-21)18-2-3-18/h1,4-6,11,14-16,18H,2-3,7-10,12-13H2. The van der Waals surface area contributed by atoms with Gasteiger partial charge in [0.2, 0.25) is 0 Å². The van der Waals surface area contributed by atoms with Crippen molar-refractivity contribution in [2.45, 2.75) is 25.4 Å². The van der Waals surface area contributed by atoms with Gasteiger partial charge >= 0.3 is 0 Å². The highest BCUT2D eigenvalue weighted by molar-refractivity contribution is 7.15. The molecule has 1 aliphatic heterocycles. The van der Waals surface area contributed by atoms with E-state index in [1.807, 2.05) is 46.7 Å². The van der Waals surface area contributed by atoms with Gasteiger partial charge in [0.25, 0.3) is 5.56 Å². The van der Waals surface area contributed by atoms with Crippen LogP contribution in [-0.4, -0.2) is 66.5 Å². The topological polar surface area (TPSA) is 82.5 Å². The first kappa shape index (κ1) is 21.0. The molecule has 9 nitrogen and oxygen atoms in total. The number of fused-ring (bicyclic) bond motifs is 2. The van der Waals surface area contributed by atoms with Gasteiger partial charge < -0.3 is 4.74 Å². The van der Waals surface area contributed by atoms with Crippen LogP contribution in [0.4, 0.5) is 0 Å². The number of nitrogens with zero attached hydrogens (tertiary/aromatic N) is 7. The van der Waals surface area contributed by atoms with Crippen LogP contribution in [0.1, 0.15) is 18.9 Å². The maximum Gasteiger partial charge on any atom is 0.261 e. The van der Waals surface area contributed by atoms with Crippen LogP contribution in [0.5, 0.6) is 0 Å². The highest BCUT2D eigenvalue weighted by Crippen LogP contribution is 2.37. The van der Waals surface area contributed by atoms with Crippen molar-refractivity contribution in [1.82, 2.24) is 33.6 Å². The Kier molecular flexibility index (Phi) is 5.04. The Hall–Kier alpha value is -3.34. The van der Waals surface area contributed by atoms with Crippen molar-refractivity contribution in [3.63, 3.8) is 0 Å². The largest absolute Gasteiger partial charge is 0.379 e. The van der Waals surface area contributed by atoms with E-state index in [1.165, 1.54) is 12.8 Å². The molecule has 1 saturated heterocycles. The van der Waals surface area contributed by atoms with Crippen LogP contribution in [0.3, 0.4) is 0 Å². The summed E-state index contributed by atoms with van der Waals surface area (Å²) in [5.74, 6) is 0. The Balaban J connectivity index is 1.29. The first-order chi connectivity index (χ1) is 17.2. The fraction of sp³-hybridized carbons (Fsp3) is 0.360. The molecule has 1 aliphatic carbocycles. The predicted molar refractivity (Wildman–Crippen MR) is 135 cm³/mol. The Labute approximate surface area is 205 Å². The summed E-state index contributed by atoms with van der Waals surface area (Å²) in [5.41, 5.74) is 4.27. The summed E-state index contributed by atoms with van der Waals surface area (Å²) in [4.78, 5) is 26.1. The van der Waals surface area contributed by atoms with E-state index in [9.17, 15) is 4.79 Å². The van der Waals surface area contributed by atoms with Gasteiger partial charge in [-0.1, -0.05) is 6.07 Å². The van der Waals surface area contributed by atoms with Crippen molar-refractivity contribution in [1.29, 1.82) is 0 Å². The maximum absolute atomic E-state index is 13.4. The van der Waals surface area contributed by atoms with Crippen LogP contribution < -0.4 is 5.56 Å². The fourth-order valence-electron chi connectivity index (χ4n) is 4.79. The third-order valence-electron chi connectivity index (χ3n) is 6.89. The molecular weight excluding hydrogens is 462 g/mol. The second-order valence-corrected chi connectivity index (χ2v) is 10.1. The summed E-state index contributed by atoms with van der Waals surface area (Å²) in [6, 6.07) is 8.46. The van der Waals surface area contributed by atoms with E-state index in [0.29, 0.717) is 23.5 Å². The van der Waals surface area contributed by atoms with Gasteiger partial charge in [0.05, 0.1) is 42.2 Å². The van der Waals surface area contributed by atoms with Crippen LogP contribution in [0.15, 0.2) is 53.2 Å². The Morgan fingerprint density at radius 3 is 2.83 bits per heavy atom. The van der Waals surface area contributed by atoms with Crippen molar-refractivity contribution in [2.24, 2.45) is 0 Å². The van der Waals surface area contributed by atoms with Gasteiger partial charge in [0.15, 0.2) is 4.96 Å². The molecule has 2 fully saturated rings. The predicted octanol–water partition coefficient (Wildman–Crippen LogP) is 3.30. The Morgan fingerprint density at radius 2 is 1.97 bits per heavy atom. The van der Waals surface area contributed by atoms with Gasteiger partial charge in [-0.15, -0.1) is 11.3 Å². The second kappa shape index (κ2) is 8.40. The van der Waals surface area contributed by atoms with Gasteiger partial charge in [-0.05, 0) is 31.0 Å². The average Bonchev–Trinajstić information content (AvgIpc) is 3.28. The van der Waals surface area contributed by atoms with E-state index in [-0.39, 0.29) is 5.56 Å². The number of morpholine rings is 1. The molecule has 0 unspecified atom stereocenters. The summed E-state index contributed by atoms with van der Waals surface area (Å²) in [5, 5.41) is 7.46. The molecule has 4 aromatic heterocycles. The number of ether oxygens (including phenoxy) is 1. The van der Waals surface area contributed by atoms with Crippen molar-refractivity contribution in [2.75, 3.05) is 32.8 Å². The quantitative estimate of drug-likeness (QED) is 0.366. The number of hydrogen-bond donors (Lipinski definition) is 0. The first-order valence-corrected chi connectivity index (χ1v) is 12.9. The molecule has 10 heteroatoms. The monoisotopic (exact) mass is 487 g/mol. The van der Waals surface area contributed by atoms with Gasteiger partial charge in [0, 0.05) is 49.5 Å². The fourth-order valence-corrected chi connectivity index (χ4v) is 5.50. The van der Waals surface area contributed by atoms with Crippen LogP contribution in [0.25, 0.3) is 38.5 Å². The summed E-state index contributed by atoms with van der Waals surface area (Å²) >= 11 is 1.59. The van der Waals surface area contributed by atoms with Crippen molar-refractivity contribution < 1.29 is 4.74 Å². The molecule has 0 N–H and O–H groups in total. The molecule has 5 heterocycles. The summed E-state index contributed by atoms with van der Waals surface area (Å²) in [6.07, 6.45) is 8.10. The molecule has 1 saturated carbocycles. The Bertz CT molecular complexity index is 1590. The van der Waals surface area contributed by atoms with Gasteiger partial charge in [-0.25, -0.2) is 9.97 Å². The molecular formula is C25H25N7O2S. The number of rotatable bonds is 6. The third kappa shape index (κ3) is 3.78. The third-order valence-corrected chi connectivity index (χ3v) is 7.65. The number of benzene rings is 1. The van der Waals surface area contributed by atoms with Crippen molar-refractivity contribution >= 4 is 27.2 Å². The van der Waals surface area contributed by atoms with Gasteiger partial charge in [-0.2, -0.15) is 5.10 Å². The molecule has 5 aromatic rings. The van der Waals surface area contributed by atoms with E-state index in [0.717, 1.165) is 60.5 Å². The molecule has 0 amide bonds. The van der Waals surface area contributed by atoms with Crippen LogP contribution in [0, 0.1) is 0 Å². The van der Waals surface area contributed by atoms with Crippen LogP contribution in [-0.2, 0) is 11.3 Å². The van der Waals surface area contributed by atoms with E-state index in [1.54, 1.807) is 22.2 Å². The van der Waals surface area contributed by atoms with Crippen LogP contribution >= 0.6 is 11.3 Å². The SMILES string of the molecule is O=c1c2cc(-c3c(-c4ccn(C5CC5)n4)nc4sccn34)ccc2ncn1CCN1CCOCC1. The van der Waals surface area contributed by atoms with Crippen molar-refractivity contribution in [3.05, 3.63) is 58.7 Å². The highest BCUT2D eigenvalue weighted by Gasteiger charge is 2.26. The minimum Gasteiger partial charge on any atom is -0.379 e. The minimum atomic E-state index is -0.0178. The summed E-state index contributed by atoms with van der Waals surface area (Å²) in [7, 11) is 0. The molecule has 0 atom stereocenters. The maximum atomic E-state index is 13.4. The van der Waals surface area contributed by atoms with Crippen molar-refractivity contribution in [3.8, 4) is 22.6 Å². The molecule has 0 radical (unpaired) electrons. The minimum absolute atomic E-state index is 0.0178. The van der Waals surface area contributed by atoms with Gasteiger partial charge in [0.1, 0.15) is 11.4 Å². The van der Waals surface area contributed by atoms with Gasteiger partial charge in [-0.3, -0.25) is 23.3 Å². The number of imidazole rings is 1. The van der Waals surface area contributed by atoms with E-state index < -0.39 is 0 Å². The normalized spacial score (nSPS) is 17.0. The zero-order chi connectivity index (χ0) is 23.4. The zero-order valence-electron chi connectivity index (χ0n) is 19.2. The lowest BCUT2D eigenvalue weighted by atomic mass is 10.1. The summed E-state index contributed by atoms with van der Waals surface area (Å²) < 4.78 is 11.3. The Morgan fingerprint density at radius 1 is 1.09 bits per heavy atom. The van der Waals surface area contributed by atoms with E-state index >= 15 is 0 Å². The lowest BCUT2D eigenvalue weighted by molar-refractivity contribution is 0.0362. The molecule has 0 spiro atoms. The molecule has 35 heavy (non-hydrogen) atoms. The number of aromatic nitrogens is 6. The second-order valence-electron chi connectivity index (χ2n) is 9.21. The molecule has 1 aromatic carbocycles. The smallest absolute Gasteiger partial charge is 0.261 e. The molecule has 7 rings (SSSR count). The average molecular weight is 488 g/mol. The molecule has 2 aliphatic rings. The van der Waals surface area contributed by atoms with E-state index in [4.69, 9.17) is 14.8 Å². The number of hydrogen-bond acceptors (Lipinski definition) is 7. The van der Waals surface area contributed by atoms with Crippen LogP contribution in [0.2, 0.25) is 0 Å². The first-order valence-electron chi connectivity index (χ1n) is 12.1. The lowest BCUT2D eigenvalue weighted by Gasteiger charge is -2.26.